The zero-order valence-corrected chi connectivity index (χ0v) is 8.43. The van der Waals surface area contributed by atoms with Gasteiger partial charge in [-0.05, 0) is 17.7 Å². The number of anilines is 1. The van der Waals surface area contributed by atoms with Crippen LogP contribution in [0.3, 0.4) is 0 Å². The highest BCUT2D eigenvalue weighted by Crippen LogP contribution is 2.14. The van der Waals surface area contributed by atoms with Crippen molar-refractivity contribution in [2.45, 2.75) is 6.04 Å². The predicted molar refractivity (Wildman–Crippen MR) is 57.6 cm³/mol. The molecule has 5 N–H and O–H groups in total. The van der Waals surface area contributed by atoms with Crippen LogP contribution in [0.2, 0.25) is 0 Å². The molecule has 1 amide bonds. The van der Waals surface area contributed by atoms with E-state index < -0.39 is 17.9 Å². The minimum atomic E-state index is -0.956. The molecule has 1 aromatic carbocycles. The summed E-state index contributed by atoms with van der Waals surface area (Å²) in [4.78, 5) is 21.0. The number of carbonyl (C=O) groups is 2. The molecule has 0 saturated heterocycles. The number of rotatable bonds is 5. The molecule has 0 saturated carbocycles. The van der Waals surface area contributed by atoms with Gasteiger partial charge < -0.3 is 16.2 Å². The largest absolute Gasteiger partial charge is 0.480 e. The van der Waals surface area contributed by atoms with E-state index in [2.05, 4.69) is 5.32 Å². The van der Waals surface area contributed by atoms with E-state index >= 15 is 0 Å². The third kappa shape index (κ3) is 3.25. The quantitative estimate of drug-likeness (QED) is 0.648. The SMILES string of the molecule is [NH]C(=O)C(N)c1ccc(NCC(=O)O)cc1. The topological polar surface area (TPSA) is 116 Å². The number of benzene rings is 1. The molecule has 1 atom stereocenters. The third-order valence-electron chi connectivity index (χ3n) is 2.00. The molecular weight excluding hydrogens is 210 g/mol. The number of carboxylic acids is 1. The van der Waals surface area contributed by atoms with E-state index in [4.69, 9.17) is 16.6 Å². The molecule has 6 nitrogen and oxygen atoms in total. The first-order valence-corrected chi connectivity index (χ1v) is 4.57. The molecule has 0 aromatic heterocycles. The molecule has 0 bridgehead atoms. The fraction of sp³-hybridized carbons (Fsp3) is 0.200. The Kier molecular flexibility index (Phi) is 3.84. The molecule has 1 aromatic rings. The van der Waals surface area contributed by atoms with Gasteiger partial charge in [0, 0.05) is 5.69 Å². The van der Waals surface area contributed by atoms with Gasteiger partial charge in [0.2, 0.25) is 0 Å². The first kappa shape index (κ1) is 12.0. The lowest BCUT2D eigenvalue weighted by molar-refractivity contribution is -0.135. The molecule has 1 radical (unpaired) electrons. The Morgan fingerprint density at radius 3 is 2.38 bits per heavy atom. The van der Waals surface area contributed by atoms with Crippen LogP contribution in [0.25, 0.3) is 0 Å². The van der Waals surface area contributed by atoms with Crippen molar-refractivity contribution in [1.29, 1.82) is 0 Å². The van der Waals surface area contributed by atoms with Crippen molar-refractivity contribution >= 4 is 17.6 Å². The standard InChI is InChI=1S/C10H12N3O3/c11-9(10(12)16)6-1-3-7(4-2-6)13-5-8(14)15/h1-4,9,12-13H,5,11H2,(H,14,15). The van der Waals surface area contributed by atoms with E-state index in [1.54, 1.807) is 24.3 Å². The van der Waals surface area contributed by atoms with Gasteiger partial charge in [0.05, 0.1) is 0 Å². The van der Waals surface area contributed by atoms with Gasteiger partial charge in [0.1, 0.15) is 12.6 Å². The van der Waals surface area contributed by atoms with Crippen molar-refractivity contribution in [3.8, 4) is 0 Å². The summed E-state index contributed by atoms with van der Waals surface area (Å²) in [5.41, 5.74) is 13.5. The maximum Gasteiger partial charge on any atom is 0.322 e. The number of aliphatic carboxylic acids is 1. The van der Waals surface area contributed by atoms with Crippen LogP contribution in [0, 0.1) is 0 Å². The second-order valence-electron chi connectivity index (χ2n) is 3.21. The molecule has 1 rings (SSSR count). The van der Waals surface area contributed by atoms with Gasteiger partial charge in [0.15, 0.2) is 0 Å². The van der Waals surface area contributed by atoms with Crippen molar-refractivity contribution in [3.05, 3.63) is 29.8 Å². The van der Waals surface area contributed by atoms with E-state index in [1.807, 2.05) is 0 Å². The molecular formula is C10H12N3O3. The Morgan fingerprint density at radius 2 is 1.94 bits per heavy atom. The Bertz CT molecular complexity index is 389. The molecule has 0 heterocycles. The minimum Gasteiger partial charge on any atom is -0.480 e. The van der Waals surface area contributed by atoms with E-state index in [0.717, 1.165) is 0 Å². The van der Waals surface area contributed by atoms with E-state index in [0.29, 0.717) is 11.3 Å². The first-order chi connectivity index (χ1) is 7.50. The van der Waals surface area contributed by atoms with Crippen molar-refractivity contribution in [1.82, 2.24) is 5.73 Å². The Balaban J connectivity index is 2.67. The van der Waals surface area contributed by atoms with Gasteiger partial charge >= 0.3 is 5.97 Å². The summed E-state index contributed by atoms with van der Waals surface area (Å²) in [6.45, 7) is -0.178. The number of hydrogen-bond donors (Lipinski definition) is 3. The monoisotopic (exact) mass is 222 g/mol. The van der Waals surface area contributed by atoms with Gasteiger partial charge in [-0.15, -0.1) is 0 Å². The van der Waals surface area contributed by atoms with Gasteiger partial charge in [-0.3, -0.25) is 15.3 Å². The van der Waals surface area contributed by atoms with E-state index in [1.165, 1.54) is 0 Å². The Labute approximate surface area is 92.2 Å². The van der Waals surface area contributed by atoms with E-state index in [9.17, 15) is 9.59 Å². The van der Waals surface area contributed by atoms with E-state index in [-0.39, 0.29) is 6.54 Å². The van der Waals surface area contributed by atoms with Gasteiger partial charge in [-0.25, -0.2) is 0 Å². The predicted octanol–water partition coefficient (Wildman–Crippen LogP) is -0.00760. The van der Waals surface area contributed by atoms with Crippen LogP contribution in [-0.2, 0) is 9.59 Å². The summed E-state index contributed by atoms with van der Waals surface area (Å²) < 4.78 is 0. The summed E-state index contributed by atoms with van der Waals surface area (Å²) >= 11 is 0. The third-order valence-corrected chi connectivity index (χ3v) is 2.00. The highest BCUT2D eigenvalue weighted by Gasteiger charge is 2.12. The number of carboxylic acid groups (broad SMARTS) is 1. The van der Waals surface area contributed by atoms with Crippen molar-refractivity contribution in [2.24, 2.45) is 5.73 Å². The highest BCUT2D eigenvalue weighted by molar-refractivity contribution is 5.80. The number of carbonyl (C=O) groups excluding carboxylic acids is 1. The van der Waals surface area contributed by atoms with Gasteiger partial charge in [-0.2, -0.15) is 0 Å². The summed E-state index contributed by atoms with van der Waals surface area (Å²) in [6.07, 6.45) is 0. The zero-order chi connectivity index (χ0) is 12.1. The maximum atomic E-state index is 10.7. The second-order valence-corrected chi connectivity index (χ2v) is 3.21. The van der Waals surface area contributed by atoms with Crippen molar-refractivity contribution < 1.29 is 14.7 Å². The fourth-order valence-corrected chi connectivity index (χ4v) is 1.14. The summed E-state index contributed by atoms with van der Waals surface area (Å²) in [6, 6.07) is 5.44. The van der Waals surface area contributed by atoms with Crippen molar-refractivity contribution in [3.63, 3.8) is 0 Å². The Hall–Kier alpha value is -2.08. The molecule has 0 fully saturated rings. The second kappa shape index (κ2) is 5.13. The number of amides is 1. The van der Waals surface area contributed by atoms with Crippen molar-refractivity contribution in [2.75, 3.05) is 11.9 Å². The average molecular weight is 222 g/mol. The highest BCUT2D eigenvalue weighted by atomic mass is 16.4. The first-order valence-electron chi connectivity index (χ1n) is 4.57. The summed E-state index contributed by atoms with van der Waals surface area (Å²) in [5.74, 6) is -1.81. The van der Waals surface area contributed by atoms with Crippen LogP contribution >= 0.6 is 0 Å². The average Bonchev–Trinajstić information content (AvgIpc) is 2.26. The van der Waals surface area contributed by atoms with Crippen LogP contribution in [0.4, 0.5) is 5.69 Å². The van der Waals surface area contributed by atoms with Crippen LogP contribution in [-0.4, -0.2) is 23.5 Å². The Morgan fingerprint density at radius 1 is 1.38 bits per heavy atom. The molecule has 16 heavy (non-hydrogen) atoms. The molecule has 6 heteroatoms. The fourth-order valence-electron chi connectivity index (χ4n) is 1.14. The molecule has 0 spiro atoms. The number of hydrogen-bond acceptors (Lipinski definition) is 4. The molecule has 0 aliphatic heterocycles. The lowest BCUT2D eigenvalue weighted by atomic mass is 10.1. The van der Waals surface area contributed by atoms with Crippen LogP contribution in [0.1, 0.15) is 11.6 Å². The molecule has 85 valence electrons. The van der Waals surface area contributed by atoms with Crippen LogP contribution in [0.15, 0.2) is 24.3 Å². The minimum absolute atomic E-state index is 0.178. The number of nitrogens with two attached hydrogens (primary N) is 1. The van der Waals surface area contributed by atoms with Crippen LogP contribution < -0.4 is 16.8 Å². The normalized spacial score (nSPS) is 11.8. The summed E-state index contributed by atoms with van der Waals surface area (Å²) in [5, 5.41) is 11.1. The number of nitrogens with one attached hydrogen (secondary N) is 2. The van der Waals surface area contributed by atoms with Crippen LogP contribution in [0.5, 0.6) is 0 Å². The maximum absolute atomic E-state index is 10.7. The smallest absolute Gasteiger partial charge is 0.322 e. The molecule has 0 aliphatic rings. The lowest BCUT2D eigenvalue weighted by Gasteiger charge is -2.08. The summed E-state index contributed by atoms with van der Waals surface area (Å²) in [7, 11) is 0. The van der Waals surface area contributed by atoms with Gasteiger partial charge in [-0.1, -0.05) is 12.1 Å². The van der Waals surface area contributed by atoms with Gasteiger partial charge in [0.25, 0.3) is 5.91 Å². The molecule has 1 unspecified atom stereocenters. The molecule has 0 aliphatic carbocycles. The zero-order valence-electron chi connectivity index (χ0n) is 8.43. The lowest BCUT2D eigenvalue weighted by Crippen LogP contribution is -2.21.